The van der Waals surface area contributed by atoms with Gasteiger partial charge in [-0.15, -0.1) is 0 Å². The number of amides is 5. The molecule has 3 rings (SSSR count). The molecule has 5 amide bonds. The predicted octanol–water partition coefficient (Wildman–Crippen LogP) is 2.75. The molecule has 0 fully saturated rings. The summed E-state index contributed by atoms with van der Waals surface area (Å²) in [7, 11) is 0. The average Bonchev–Trinajstić information content (AvgIpc) is 2.93. The molecule has 11 nitrogen and oxygen atoms in total. The summed E-state index contributed by atoms with van der Waals surface area (Å²) < 4.78 is 0. The minimum atomic E-state index is -1.84. The number of hydrogen-bond donors (Lipinski definition) is 5. The second-order valence-corrected chi connectivity index (χ2v) is 12.6. The summed E-state index contributed by atoms with van der Waals surface area (Å²) in [6, 6.07) is 17.0. The number of rotatable bonds is 12. The van der Waals surface area contributed by atoms with Crippen LogP contribution in [0.5, 0.6) is 0 Å². The number of aliphatic hydroxyl groups is 1. The third-order valence-electron chi connectivity index (χ3n) is 7.43. The average molecular weight is 605 g/mol. The van der Waals surface area contributed by atoms with E-state index in [0.29, 0.717) is 11.1 Å². The Morgan fingerprint density at radius 3 is 2.05 bits per heavy atom. The summed E-state index contributed by atoms with van der Waals surface area (Å²) in [4.78, 5) is 60.1. The Kier molecular flexibility index (Phi) is 10.7. The van der Waals surface area contributed by atoms with Crippen molar-refractivity contribution >= 4 is 34.7 Å². The topological polar surface area (TPSA) is 181 Å². The van der Waals surface area contributed by atoms with Gasteiger partial charge < -0.3 is 32.1 Å². The lowest BCUT2D eigenvalue weighted by molar-refractivity contribution is -0.140. The van der Waals surface area contributed by atoms with Gasteiger partial charge >= 0.3 is 6.03 Å². The van der Waals surface area contributed by atoms with E-state index in [1.165, 1.54) is 17.9 Å². The van der Waals surface area contributed by atoms with E-state index in [9.17, 15) is 24.3 Å². The van der Waals surface area contributed by atoms with E-state index < -0.39 is 52.9 Å². The largest absolute Gasteiger partial charge is 0.391 e. The molecule has 11 heteroatoms. The third-order valence-corrected chi connectivity index (χ3v) is 7.43. The van der Waals surface area contributed by atoms with Crippen molar-refractivity contribution in [2.45, 2.75) is 71.2 Å². The van der Waals surface area contributed by atoms with Crippen molar-refractivity contribution in [1.82, 2.24) is 20.5 Å². The van der Waals surface area contributed by atoms with Crippen LogP contribution in [0.25, 0.3) is 10.9 Å². The first kappa shape index (κ1) is 34.0. The summed E-state index contributed by atoms with van der Waals surface area (Å²) >= 11 is 0. The van der Waals surface area contributed by atoms with Crippen LogP contribution < -0.4 is 22.1 Å². The van der Waals surface area contributed by atoms with Crippen molar-refractivity contribution in [3.8, 4) is 0 Å². The van der Waals surface area contributed by atoms with Gasteiger partial charge in [-0.2, -0.15) is 0 Å². The summed E-state index contributed by atoms with van der Waals surface area (Å²) in [6.45, 7) is 10.7. The van der Waals surface area contributed by atoms with Crippen LogP contribution in [0.4, 0.5) is 4.79 Å². The van der Waals surface area contributed by atoms with Gasteiger partial charge in [0.25, 0.3) is 5.91 Å². The smallest absolute Gasteiger partial charge is 0.318 e. The summed E-state index contributed by atoms with van der Waals surface area (Å²) in [6.07, 6.45) is -1.51. The minimum Gasteiger partial charge on any atom is -0.391 e. The zero-order valence-electron chi connectivity index (χ0n) is 26.2. The molecule has 0 saturated carbocycles. The monoisotopic (exact) mass is 604 g/mol. The number of carbonyl (C=O) groups excluding carboxylic acids is 4. The van der Waals surface area contributed by atoms with Crippen LogP contribution in [0, 0.1) is 11.8 Å². The Hall–Kier alpha value is -4.51. The van der Waals surface area contributed by atoms with Crippen LogP contribution in [0.1, 0.15) is 57.6 Å². The van der Waals surface area contributed by atoms with E-state index in [-0.39, 0.29) is 24.6 Å². The van der Waals surface area contributed by atoms with Crippen molar-refractivity contribution in [3.63, 3.8) is 0 Å². The van der Waals surface area contributed by atoms with Crippen molar-refractivity contribution in [2.24, 2.45) is 23.3 Å². The van der Waals surface area contributed by atoms with E-state index in [0.717, 1.165) is 5.39 Å². The molecule has 0 aliphatic rings. The number of pyridine rings is 1. The van der Waals surface area contributed by atoms with Crippen LogP contribution in [-0.4, -0.2) is 68.5 Å². The molecule has 3 aromatic rings. The van der Waals surface area contributed by atoms with Crippen LogP contribution in [0.2, 0.25) is 0 Å². The lowest BCUT2D eigenvalue weighted by atomic mass is 9.69. The quantitative estimate of drug-likeness (QED) is 0.212. The number of carbonyl (C=O) groups is 4. The highest BCUT2D eigenvalue weighted by molar-refractivity contribution is 5.99. The number of benzene rings is 2. The predicted molar refractivity (Wildman–Crippen MR) is 169 cm³/mol. The molecular formula is C33H44N6O5. The van der Waals surface area contributed by atoms with Gasteiger partial charge in [-0.25, -0.2) is 9.78 Å². The second-order valence-electron chi connectivity index (χ2n) is 12.6. The van der Waals surface area contributed by atoms with Gasteiger partial charge in [0.2, 0.25) is 11.8 Å². The van der Waals surface area contributed by atoms with Gasteiger partial charge in [-0.1, -0.05) is 68.4 Å². The maximum atomic E-state index is 14.1. The lowest BCUT2D eigenvalue weighted by Crippen LogP contribution is -2.73. The van der Waals surface area contributed by atoms with Crippen LogP contribution in [0.15, 0.2) is 66.7 Å². The molecule has 0 saturated heterocycles. The molecule has 0 spiro atoms. The molecule has 236 valence electrons. The maximum Gasteiger partial charge on any atom is 0.318 e. The fraction of sp³-hybridized carbons (Fsp3) is 0.424. The van der Waals surface area contributed by atoms with Crippen LogP contribution in [-0.2, 0) is 16.0 Å². The number of aromatic nitrogens is 1. The minimum absolute atomic E-state index is 0.0200. The van der Waals surface area contributed by atoms with E-state index in [4.69, 9.17) is 11.5 Å². The summed E-state index contributed by atoms with van der Waals surface area (Å²) in [5.41, 5.74) is 10.6. The summed E-state index contributed by atoms with van der Waals surface area (Å²) in [5, 5.41) is 18.0. The number of hydrogen-bond acceptors (Lipinski definition) is 6. The van der Waals surface area contributed by atoms with E-state index in [2.05, 4.69) is 15.6 Å². The molecular weight excluding hydrogens is 560 g/mol. The van der Waals surface area contributed by atoms with Crippen molar-refractivity contribution in [1.29, 1.82) is 0 Å². The second kappa shape index (κ2) is 13.9. The molecule has 0 aliphatic carbocycles. The molecule has 1 aromatic heterocycles. The number of primary amides is 2. The highest BCUT2D eigenvalue weighted by Crippen LogP contribution is 2.37. The van der Waals surface area contributed by atoms with Crippen LogP contribution >= 0.6 is 0 Å². The zero-order chi connectivity index (χ0) is 32.8. The molecule has 1 heterocycles. The molecule has 0 radical (unpaired) electrons. The Bertz CT molecular complexity index is 1490. The Morgan fingerprint density at radius 2 is 1.50 bits per heavy atom. The van der Waals surface area contributed by atoms with Gasteiger partial charge in [-0.05, 0) is 57.7 Å². The number of nitrogens with zero attached hydrogens (tertiary/aromatic N) is 2. The highest BCUT2D eigenvalue weighted by atomic mass is 16.3. The number of aliphatic hydroxyl groups excluding tert-OH is 1. The van der Waals surface area contributed by atoms with Crippen LogP contribution in [0.3, 0.4) is 0 Å². The molecule has 4 unspecified atom stereocenters. The lowest BCUT2D eigenvalue weighted by Gasteiger charge is -2.52. The molecule has 2 aromatic carbocycles. The first-order valence-electron chi connectivity index (χ1n) is 14.6. The van der Waals surface area contributed by atoms with E-state index >= 15 is 0 Å². The fourth-order valence-corrected chi connectivity index (χ4v) is 5.55. The molecule has 0 bridgehead atoms. The van der Waals surface area contributed by atoms with Gasteiger partial charge in [0, 0.05) is 17.5 Å². The standard InChI is InChI=1S/C33H44N6O5/c1-20(2)19-39(31(44)38-32(4,5)6)33(21(3)40,18-22-12-8-7-9-13-22)26(28(34)41)27(29(35)42)37-30(43)25-17-16-23-14-10-11-15-24(23)36-25/h7-17,20-21,26-27,40H,18-19H2,1-6H3,(H2,34,41)(H2,35,42)(H,37,43)(H,38,44). The highest BCUT2D eigenvalue weighted by Gasteiger charge is 2.57. The van der Waals surface area contributed by atoms with Gasteiger partial charge in [0.15, 0.2) is 0 Å². The van der Waals surface area contributed by atoms with Gasteiger partial charge in [0.05, 0.1) is 23.1 Å². The van der Waals surface area contributed by atoms with Gasteiger partial charge in [0.1, 0.15) is 11.7 Å². The Balaban J connectivity index is 2.25. The zero-order valence-corrected chi connectivity index (χ0v) is 26.2. The first-order chi connectivity index (χ1) is 20.6. The van der Waals surface area contributed by atoms with Crippen molar-refractivity contribution in [3.05, 3.63) is 78.0 Å². The fourth-order valence-electron chi connectivity index (χ4n) is 5.55. The SMILES string of the molecule is CC(C)CN(C(=O)NC(C)(C)C)C(Cc1ccccc1)(C(C)O)C(C(N)=O)C(NC(=O)c1ccc2ccccc2n1)C(N)=O. The van der Waals surface area contributed by atoms with E-state index in [1.807, 2.05) is 26.0 Å². The summed E-state index contributed by atoms with van der Waals surface area (Å²) in [5.74, 6) is -4.67. The molecule has 7 N–H and O–H groups in total. The number of urea groups is 1. The maximum absolute atomic E-state index is 14.1. The molecule has 4 atom stereocenters. The number of nitrogens with two attached hydrogens (primary N) is 2. The number of fused-ring (bicyclic) bond motifs is 1. The van der Waals surface area contributed by atoms with Crippen molar-refractivity contribution < 1.29 is 24.3 Å². The van der Waals surface area contributed by atoms with Gasteiger partial charge in [-0.3, -0.25) is 14.4 Å². The Morgan fingerprint density at radius 1 is 0.886 bits per heavy atom. The number of nitrogens with one attached hydrogen (secondary N) is 2. The van der Waals surface area contributed by atoms with Crippen molar-refractivity contribution in [2.75, 3.05) is 6.54 Å². The Labute approximate surface area is 258 Å². The van der Waals surface area contributed by atoms with E-state index in [1.54, 1.807) is 69.3 Å². The molecule has 44 heavy (non-hydrogen) atoms. The molecule has 0 aliphatic heterocycles. The first-order valence-corrected chi connectivity index (χ1v) is 14.6. The number of para-hydroxylation sites is 1. The normalized spacial score (nSPS) is 15.1. The third kappa shape index (κ3) is 7.90.